The van der Waals surface area contributed by atoms with Crippen LogP contribution in [0.15, 0.2) is 4.99 Å². The van der Waals surface area contributed by atoms with Crippen molar-refractivity contribution in [3.05, 3.63) is 0 Å². The molecule has 1 atom stereocenters. The van der Waals surface area contributed by atoms with Crippen molar-refractivity contribution < 1.29 is 4.74 Å². The highest BCUT2D eigenvalue weighted by Gasteiger charge is 2.14. The number of guanidine groups is 1. The van der Waals surface area contributed by atoms with Gasteiger partial charge in [0.25, 0.3) is 0 Å². The number of aliphatic imine (C=N–C) groups is 1. The highest BCUT2D eigenvalue weighted by Crippen LogP contribution is 2.12. The molecule has 0 rings (SSSR count). The van der Waals surface area contributed by atoms with Crippen LogP contribution >= 0.6 is 0 Å². The third kappa shape index (κ3) is 7.50. The third-order valence-electron chi connectivity index (χ3n) is 3.18. The second-order valence-corrected chi connectivity index (χ2v) is 4.43. The predicted octanol–water partition coefficient (Wildman–Crippen LogP) is 1.65. The summed E-state index contributed by atoms with van der Waals surface area (Å²) in [6, 6.07) is 0.377. The molecule has 0 radical (unpaired) electrons. The van der Waals surface area contributed by atoms with Crippen LogP contribution in [0.5, 0.6) is 0 Å². The summed E-state index contributed by atoms with van der Waals surface area (Å²) in [5.74, 6) is 6.79. The van der Waals surface area contributed by atoms with Gasteiger partial charge >= 0.3 is 0 Å². The summed E-state index contributed by atoms with van der Waals surface area (Å²) in [4.78, 5) is 4.39. The molecule has 1 unspecified atom stereocenters. The molecule has 5 nitrogen and oxygen atoms in total. The van der Waals surface area contributed by atoms with Gasteiger partial charge < -0.3 is 10.1 Å². The Morgan fingerprint density at radius 3 is 2.44 bits per heavy atom. The number of hydrazine groups is 1. The molecule has 108 valence electrons. The van der Waals surface area contributed by atoms with Crippen molar-refractivity contribution >= 4 is 5.96 Å². The van der Waals surface area contributed by atoms with Crippen molar-refractivity contribution in [3.8, 4) is 0 Å². The average Bonchev–Trinajstić information content (AvgIpc) is 2.38. The van der Waals surface area contributed by atoms with Crippen LogP contribution in [-0.4, -0.2) is 31.8 Å². The van der Waals surface area contributed by atoms with E-state index in [-0.39, 0.29) is 0 Å². The fraction of sp³-hybridized carbons (Fsp3) is 0.923. The van der Waals surface area contributed by atoms with E-state index < -0.39 is 0 Å². The SMILES string of the molecule is CCOCCCN=C(NN)NC(C)C(CC)CC. The van der Waals surface area contributed by atoms with E-state index >= 15 is 0 Å². The molecule has 0 bridgehead atoms. The van der Waals surface area contributed by atoms with Gasteiger partial charge in [-0.15, -0.1) is 0 Å². The fourth-order valence-electron chi connectivity index (χ4n) is 1.96. The summed E-state index contributed by atoms with van der Waals surface area (Å²) in [6.45, 7) is 10.8. The molecule has 5 heteroatoms. The van der Waals surface area contributed by atoms with Gasteiger partial charge in [0.15, 0.2) is 0 Å². The molecule has 0 saturated heterocycles. The zero-order valence-corrected chi connectivity index (χ0v) is 12.3. The van der Waals surface area contributed by atoms with Gasteiger partial charge in [-0.25, -0.2) is 5.84 Å². The van der Waals surface area contributed by atoms with Crippen LogP contribution in [0.4, 0.5) is 0 Å². The summed E-state index contributed by atoms with van der Waals surface area (Å²) < 4.78 is 5.26. The first-order chi connectivity index (χ1) is 8.69. The summed E-state index contributed by atoms with van der Waals surface area (Å²) in [7, 11) is 0. The maximum Gasteiger partial charge on any atom is 0.205 e. The van der Waals surface area contributed by atoms with E-state index in [9.17, 15) is 0 Å². The van der Waals surface area contributed by atoms with Crippen molar-refractivity contribution in [1.82, 2.24) is 10.7 Å². The Morgan fingerprint density at radius 1 is 1.28 bits per heavy atom. The van der Waals surface area contributed by atoms with Crippen molar-refractivity contribution in [2.24, 2.45) is 16.8 Å². The number of nitrogens with two attached hydrogens (primary N) is 1. The zero-order valence-electron chi connectivity index (χ0n) is 12.3. The van der Waals surface area contributed by atoms with Crippen LogP contribution in [0.1, 0.15) is 47.0 Å². The van der Waals surface area contributed by atoms with Gasteiger partial charge in [0.05, 0.1) is 0 Å². The van der Waals surface area contributed by atoms with E-state index in [4.69, 9.17) is 10.6 Å². The molecule has 0 aromatic heterocycles. The second-order valence-electron chi connectivity index (χ2n) is 4.43. The molecule has 0 aliphatic carbocycles. The van der Waals surface area contributed by atoms with Gasteiger partial charge in [0.2, 0.25) is 5.96 Å². The number of ether oxygens (including phenoxy) is 1. The van der Waals surface area contributed by atoms with Crippen LogP contribution in [-0.2, 0) is 4.74 Å². The molecule has 0 saturated carbocycles. The molecular weight excluding hydrogens is 228 g/mol. The highest BCUT2D eigenvalue weighted by atomic mass is 16.5. The molecule has 18 heavy (non-hydrogen) atoms. The minimum atomic E-state index is 0.377. The maximum atomic E-state index is 5.47. The van der Waals surface area contributed by atoms with E-state index in [0.717, 1.165) is 39.0 Å². The monoisotopic (exact) mass is 258 g/mol. The smallest absolute Gasteiger partial charge is 0.205 e. The number of hydrogen-bond acceptors (Lipinski definition) is 3. The number of nitrogens with zero attached hydrogens (tertiary/aromatic N) is 1. The standard InChI is InChI=1S/C13H30N4O/c1-5-12(6-2)11(4)16-13(17-14)15-9-8-10-18-7-3/h11-12H,5-10,14H2,1-4H3,(H2,15,16,17). The topological polar surface area (TPSA) is 71.7 Å². The average molecular weight is 258 g/mol. The van der Waals surface area contributed by atoms with Crippen molar-refractivity contribution in [2.45, 2.75) is 53.0 Å². The Labute approximate surface area is 112 Å². The first-order valence-electron chi connectivity index (χ1n) is 7.04. The van der Waals surface area contributed by atoms with Crippen molar-refractivity contribution in [1.29, 1.82) is 0 Å². The Bertz CT molecular complexity index is 217. The van der Waals surface area contributed by atoms with Gasteiger partial charge in [-0.1, -0.05) is 26.7 Å². The fourth-order valence-corrected chi connectivity index (χ4v) is 1.96. The summed E-state index contributed by atoms with van der Waals surface area (Å²) >= 11 is 0. The van der Waals surface area contributed by atoms with Gasteiger partial charge in [-0.3, -0.25) is 10.4 Å². The minimum absolute atomic E-state index is 0.377. The van der Waals surface area contributed by atoms with E-state index in [1.165, 1.54) is 0 Å². The first kappa shape index (κ1) is 17.2. The number of hydrogen-bond donors (Lipinski definition) is 3. The van der Waals surface area contributed by atoms with Crippen LogP contribution in [0, 0.1) is 5.92 Å². The number of rotatable bonds is 9. The Balaban J connectivity index is 4.03. The lowest BCUT2D eigenvalue weighted by Gasteiger charge is -2.24. The molecule has 0 spiro atoms. The van der Waals surface area contributed by atoms with Gasteiger partial charge in [0, 0.05) is 25.8 Å². The summed E-state index contributed by atoms with van der Waals surface area (Å²) in [5.41, 5.74) is 2.62. The predicted molar refractivity (Wildman–Crippen MR) is 77.4 cm³/mol. The van der Waals surface area contributed by atoms with E-state index in [2.05, 4.69) is 36.5 Å². The lowest BCUT2D eigenvalue weighted by molar-refractivity contribution is 0.146. The van der Waals surface area contributed by atoms with Crippen LogP contribution in [0.25, 0.3) is 0 Å². The maximum absolute atomic E-state index is 5.47. The zero-order chi connectivity index (χ0) is 13.8. The van der Waals surface area contributed by atoms with Gasteiger partial charge in [-0.05, 0) is 26.2 Å². The van der Waals surface area contributed by atoms with Gasteiger partial charge in [-0.2, -0.15) is 0 Å². The largest absolute Gasteiger partial charge is 0.382 e. The second kappa shape index (κ2) is 11.3. The van der Waals surface area contributed by atoms with E-state index in [0.29, 0.717) is 17.9 Å². The minimum Gasteiger partial charge on any atom is -0.382 e. The highest BCUT2D eigenvalue weighted by molar-refractivity contribution is 5.79. The van der Waals surface area contributed by atoms with Crippen LogP contribution in [0.2, 0.25) is 0 Å². The quantitative estimate of drug-likeness (QED) is 0.193. The van der Waals surface area contributed by atoms with Crippen LogP contribution in [0.3, 0.4) is 0 Å². The Morgan fingerprint density at radius 2 is 1.94 bits per heavy atom. The molecule has 0 amide bonds. The molecule has 0 aliphatic heterocycles. The molecule has 4 N–H and O–H groups in total. The van der Waals surface area contributed by atoms with Crippen LogP contribution < -0.4 is 16.6 Å². The lowest BCUT2D eigenvalue weighted by Crippen LogP contribution is -2.47. The van der Waals surface area contributed by atoms with Crippen molar-refractivity contribution in [3.63, 3.8) is 0 Å². The normalized spacial score (nSPS) is 13.8. The molecule has 0 aromatic carbocycles. The summed E-state index contributed by atoms with van der Waals surface area (Å²) in [5, 5.41) is 3.33. The molecule has 0 aromatic rings. The molecule has 0 heterocycles. The van der Waals surface area contributed by atoms with E-state index in [1.807, 2.05) is 6.92 Å². The Kier molecular flexibility index (Phi) is 10.8. The van der Waals surface area contributed by atoms with Gasteiger partial charge in [0.1, 0.15) is 0 Å². The molecular formula is C13H30N4O. The van der Waals surface area contributed by atoms with E-state index in [1.54, 1.807) is 0 Å². The molecule has 0 fully saturated rings. The summed E-state index contributed by atoms with van der Waals surface area (Å²) in [6.07, 6.45) is 3.24. The third-order valence-corrected chi connectivity index (χ3v) is 3.18. The first-order valence-corrected chi connectivity index (χ1v) is 7.04. The lowest BCUT2D eigenvalue weighted by atomic mass is 9.96. The Hall–Kier alpha value is -0.810. The number of nitrogens with one attached hydrogen (secondary N) is 2. The van der Waals surface area contributed by atoms with Crippen molar-refractivity contribution in [2.75, 3.05) is 19.8 Å². The molecule has 0 aliphatic rings.